The molecule has 0 unspecified atom stereocenters. The molecule has 1 saturated heterocycles. The van der Waals surface area contributed by atoms with Gasteiger partial charge in [-0.1, -0.05) is 0 Å². The van der Waals surface area contributed by atoms with Crippen molar-refractivity contribution in [3.8, 4) is 0 Å². The molecule has 1 aliphatic heterocycles. The Kier molecular flexibility index (Phi) is 3.59. The maximum Gasteiger partial charge on any atom is 0.218 e. The summed E-state index contributed by atoms with van der Waals surface area (Å²) in [5.74, 6) is -0.210. The van der Waals surface area contributed by atoms with Gasteiger partial charge in [-0.15, -0.1) is 0 Å². The van der Waals surface area contributed by atoms with Crippen molar-refractivity contribution >= 4 is 5.91 Å². The Hall–Kier alpha value is -0.610. The smallest absolute Gasteiger partial charge is 0.218 e. The zero-order chi connectivity index (χ0) is 10.7. The lowest BCUT2D eigenvalue weighted by atomic mass is 10.0. The van der Waals surface area contributed by atoms with Crippen LogP contribution in [0.4, 0.5) is 0 Å². The SMILES string of the molecule is NC(=O)CCNC1CCN(C2CC2)CC1. The summed E-state index contributed by atoms with van der Waals surface area (Å²) in [6.07, 6.45) is 5.70. The first-order valence-corrected chi connectivity index (χ1v) is 6.01. The van der Waals surface area contributed by atoms with E-state index in [0.717, 1.165) is 12.6 Å². The van der Waals surface area contributed by atoms with Gasteiger partial charge in [0.25, 0.3) is 0 Å². The van der Waals surface area contributed by atoms with E-state index in [0.29, 0.717) is 12.5 Å². The van der Waals surface area contributed by atoms with Gasteiger partial charge in [0.05, 0.1) is 0 Å². The van der Waals surface area contributed by atoms with Crippen LogP contribution in [-0.2, 0) is 4.79 Å². The summed E-state index contributed by atoms with van der Waals surface area (Å²) >= 11 is 0. The highest BCUT2D eigenvalue weighted by atomic mass is 16.1. The van der Waals surface area contributed by atoms with Gasteiger partial charge in [0.1, 0.15) is 0 Å². The third kappa shape index (κ3) is 3.47. The monoisotopic (exact) mass is 211 g/mol. The van der Waals surface area contributed by atoms with Crippen molar-refractivity contribution in [3.63, 3.8) is 0 Å². The summed E-state index contributed by atoms with van der Waals surface area (Å²) in [4.78, 5) is 13.2. The Labute approximate surface area is 91.2 Å². The molecule has 0 aromatic carbocycles. The van der Waals surface area contributed by atoms with E-state index >= 15 is 0 Å². The second-order valence-electron chi connectivity index (χ2n) is 4.71. The van der Waals surface area contributed by atoms with E-state index in [1.54, 1.807) is 0 Å². The normalized spacial score (nSPS) is 24.3. The van der Waals surface area contributed by atoms with Crippen molar-refractivity contribution < 1.29 is 4.79 Å². The van der Waals surface area contributed by atoms with Crippen molar-refractivity contribution in [3.05, 3.63) is 0 Å². The van der Waals surface area contributed by atoms with Crippen LogP contribution in [0.25, 0.3) is 0 Å². The standard InChI is InChI=1S/C11H21N3O/c12-11(15)3-6-13-9-4-7-14(8-5-9)10-1-2-10/h9-10,13H,1-8H2,(H2,12,15). The summed E-state index contributed by atoms with van der Waals surface area (Å²) in [5, 5.41) is 3.41. The Bertz CT molecular complexity index is 220. The molecule has 1 aliphatic carbocycles. The molecule has 0 spiro atoms. The van der Waals surface area contributed by atoms with Gasteiger partial charge < -0.3 is 16.0 Å². The fraction of sp³-hybridized carbons (Fsp3) is 0.909. The van der Waals surface area contributed by atoms with Crippen molar-refractivity contribution in [2.75, 3.05) is 19.6 Å². The van der Waals surface area contributed by atoms with Crippen molar-refractivity contribution in [2.24, 2.45) is 5.73 Å². The van der Waals surface area contributed by atoms with E-state index in [-0.39, 0.29) is 5.91 Å². The van der Waals surface area contributed by atoms with Crippen LogP contribution in [0.5, 0.6) is 0 Å². The number of hydrogen-bond donors (Lipinski definition) is 2. The van der Waals surface area contributed by atoms with E-state index in [2.05, 4.69) is 10.2 Å². The molecule has 4 nitrogen and oxygen atoms in total. The molecule has 0 aromatic rings. The lowest BCUT2D eigenvalue weighted by Crippen LogP contribution is -2.43. The maximum atomic E-state index is 10.6. The predicted octanol–water partition coefficient (Wildman–Crippen LogP) is 0.0782. The van der Waals surface area contributed by atoms with Gasteiger partial charge >= 0.3 is 0 Å². The van der Waals surface area contributed by atoms with Crippen LogP contribution in [0.3, 0.4) is 0 Å². The third-order valence-electron chi connectivity index (χ3n) is 3.40. The van der Waals surface area contributed by atoms with Crippen LogP contribution in [-0.4, -0.2) is 42.5 Å². The highest BCUT2D eigenvalue weighted by molar-refractivity contribution is 5.73. The number of primary amides is 1. The fourth-order valence-corrected chi connectivity index (χ4v) is 2.31. The zero-order valence-electron chi connectivity index (χ0n) is 9.24. The van der Waals surface area contributed by atoms with Crippen LogP contribution >= 0.6 is 0 Å². The first-order valence-electron chi connectivity index (χ1n) is 6.01. The van der Waals surface area contributed by atoms with E-state index in [4.69, 9.17) is 5.73 Å². The highest BCUT2D eigenvalue weighted by Crippen LogP contribution is 2.29. The summed E-state index contributed by atoms with van der Waals surface area (Å²) in [5.41, 5.74) is 5.09. The average Bonchev–Trinajstić information content (AvgIpc) is 3.02. The molecule has 1 amide bonds. The van der Waals surface area contributed by atoms with Crippen molar-refractivity contribution in [2.45, 2.75) is 44.2 Å². The van der Waals surface area contributed by atoms with Crippen LogP contribution in [0, 0.1) is 0 Å². The number of carbonyl (C=O) groups is 1. The molecule has 1 heterocycles. The van der Waals surface area contributed by atoms with Gasteiger partial charge in [-0.2, -0.15) is 0 Å². The Morgan fingerprint density at radius 3 is 2.47 bits per heavy atom. The van der Waals surface area contributed by atoms with Gasteiger partial charge in [-0.25, -0.2) is 0 Å². The molecule has 15 heavy (non-hydrogen) atoms. The molecule has 0 atom stereocenters. The minimum absolute atomic E-state index is 0.210. The van der Waals surface area contributed by atoms with Gasteiger partial charge in [0.2, 0.25) is 5.91 Å². The number of piperidine rings is 1. The van der Waals surface area contributed by atoms with Crippen LogP contribution in [0.2, 0.25) is 0 Å². The maximum absolute atomic E-state index is 10.6. The molecular formula is C11H21N3O. The highest BCUT2D eigenvalue weighted by Gasteiger charge is 2.31. The average molecular weight is 211 g/mol. The summed E-state index contributed by atoms with van der Waals surface area (Å²) < 4.78 is 0. The van der Waals surface area contributed by atoms with Gasteiger partial charge in [-0.3, -0.25) is 4.79 Å². The number of carbonyl (C=O) groups excluding carboxylic acids is 1. The first-order chi connectivity index (χ1) is 7.25. The molecule has 2 rings (SSSR count). The molecule has 2 fully saturated rings. The fourth-order valence-electron chi connectivity index (χ4n) is 2.31. The van der Waals surface area contributed by atoms with Crippen molar-refractivity contribution in [1.29, 1.82) is 0 Å². The molecular weight excluding hydrogens is 190 g/mol. The topological polar surface area (TPSA) is 58.4 Å². The van der Waals surface area contributed by atoms with E-state index in [1.807, 2.05) is 0 Å². The minimum atomic E-state index is -0.210. The van der Waals surface area contributed by atoms with Gasteiger partial charge in [-0.05, 0) is 38.8 Å². The number of hydrogen-bond acceptors (Lipinski definition) is 3. The Morgan fingerprint density at radius 2 is 1.93 bits per heavy atom. The largest absolute Gasteiger partial charge is 0.370 e. The quantitative estimate of drug-likeness (QED) is 0.677. The number of likely N-dealkylation sites (tertiary alicyclic amines) is 1. The molecule has 3 N–H and O–H groups in total. The van der Waals surface area contributed by atoms with Crippen LogP contribution < -0.4 is 11.1 Å². The molecule has 0 aromatic heterocycles. The molecule has 1 saturated carbocycles. The van der Waals surface area contributed by atoms with Gasteiger partial charge in [0, 0.05) is 25.0 Å². The number of rotatable bonds is 5. The van der Waals surface area contributed by atoms with E-state index in [1.165, 1.54) is 38.8 Å². The summed E-state index contributed by atoms with van der Waals surface area (Å²) in [6.45, 7) is 3.18. The van der Waals surface area contributed by atoms with E-state index in [9.17, 15) is 4.79 Å². The van der Waals surface area contributed by atoms with Gasteiger partial charge in [0.15, 0.2) is 0 Å². The summed E-state index contributed by atoms with van der Waals surface area (Å²) in [7, 11) is 0. The van der Waals surface area contributed by atoms with Crippen LogP contribution in [0.1, 0.15) is 32.1 Å². The number of nitrogens with two attached hydrogens (primary N) is 1. The lowest BCUT2D eigenvalue weighted by molar-refractivity contribution is -0.117. The first kappa shape index (κ1) is 10.9. The van der Waals surface area contributed by atoms with Crippen LogP contribution in [0.15, 0.2) is 0 Å². The van der Waals surface area contributed by atoms with Crippen molar-refractivity contribution in [1.82, 2.24) is 10.2 Å². The Morgan fingerprint density at radius 1 is 1.27 bits per heavy atom. The second-order valence-corrected chi connectivity index (χ2v) is 4.71. The molecule has 2 aliphatic rings. The number of nitrogens with one attached hydrogen (secondary N) is 1. The third-order valence-corrected chi connectivity index (χ3v) is 3.40. The molecule has 86 valence electrons. The Balaban J connectivity index is 1.58. The molecule has 0 radical (unpaired) electrons. The summed E-state index contributed by atoms with van der Waals surface area (Å²) in [6, 6.07) is 1.50. The zero-order valence-corrected chi connectivity index (χ0v) is 9.24. The molecule has 4 heteroatoms. The van der Waals surface area contributed by atoms with E-state index < -0.39 is 0 Å². The number of amides is 1. The number of nitrogens with zero attached hydrogens (tertiary/aromatic N) is 1. The molecule has 0 bridgehead atoms. The predicted molar refractivity (Wildman–Crippen MR) is 59.4 cm³/mol. The lowest BCUT2D eigenvalue weighted by Gasteiger charge is -2.32. The minimum Gasteiger partial charge on any atom is -0.370 e. The second kappa shape index (κ2) is 4.94.